The van der Waals surface area contributed by atoms with Crippen LogP contribution in [-0.4, -0.2) is 32.9 Å². The minimum absolute atomic E-state index is 0.370. The largest absolute Gasteiger partial charge is 0.497 e. The molecule has 0 aliphatic carbocycles. The van der Waals surface area contributed by atoms with E-state index < -0.39 is 0 Å². The number of benzene rings is 4. The van der Waals surface area contributed by atoms with Crippen LogP contribution in [0.15, 0.2) is 77.9 Å². The van der Waals surface area contributed by atoms with Crippen molar-refractivity contribution >= 4 is 45.5 Å². The van der Waals surface area contributed by atoms with E-state index >= 15 is 0 Å². The van der Waals surface area contributed by atoms with Gasteiger partial charge in [-0.25, -0.2) is 5.43 Å². The van der Waals surface area contributed by atoms with E-state index in [0.29, 0.717) is 41.8 Å². The van der Waals surface area contributed by atoms with E-state index in [1.165, 1.54) is 19.6 Å². The lowest BCUT2D eigenvalue weighted by molar-refractivity contribution is 0.0954. The fourth-order valence-electron chi connectivity index (χ4n) is 3.80. The SMILES string of the molecule is CCOc1cc(/C=N\NC(=O)c2cc(OC)cc(OC)c2)cc(I)c1OCc1cccc2ccccc12. The van der Waals surface area contributed by atoms with E-state index in [-0.39, 0.29) is 5.91 Å². The van der Waals surface area contributed by atoms with Crippen LogP contribution in [0.2, 0.25) is 0 Å². The first-order valence-electron chi connectivity index (χ1n) is 11.6. The van der Waals surface area contributed by atoms with E-state index in [1.807, 2.05) is 37.3 Å². The molecule has 0 aromatic heterocycles. The van der Waals surface area contributed by atoms with Crippen molar-refractivity contribution < 1.29 is 23.7 Å². The molecule has 8 heteroatoms. The molecule has 0 aliphatic rings. The molecule has 0 saturated carbocycles. The molecule has 4 rings (SSSR count). The van der Waals surface area contributed by atoms with Gasteiger partial charge in [0.05, 0.1) is 30.6 Å². The predicted molar refractivity (Wildman–Crippen MR) is 153 cm³/mol. The quantitative estimate of drug-likeness (QED) is 0.131. The number of carbonyl (C=O) groups is 1. The first kappa shape index (κ1) is 26.3. The molecule has 7 nitrogen and oxygen atoms in total. The van der Waals surface area contributed by atoms with Crippen LogP contribution >= 0.6 is 22.6 Å². The highest BCUT2D eigenvalue weighted by Crippen LogP contribution is 2.35. The number of nitrogens with zero attached hydrogens (tertiary/aromatic N) is 1. The van der Waals surface area contributed by atoms with Gasteiger partial charge in [-0.1, -0.05) is 42.5 Å². The molecule has 0 atom stereocenters. The normalized spacial score (nSPS) is 10.9. The van der Waals surface area contributed by atoms with Gasteiger partial charge in [-0.15, -0.1) is 0 Å². The summed E-state index contributed by atoms with van der Waals surface area (Å²) in [6, 6.07) is 23.1. The summed E-state index contributed by atoms with van der Waals surface area (Å²) in [6.45, 7) is 2.81. The van der Waals surface area contributed by atoms with Crippen LogP contribution in [0.1, 0.15) is 28.4 Å². The molecular formula is C29H27IN2O5. The van der Waals surface area contributed by atoms with Gasteiger partial charge in [-0.05, 0) is 75.7 Å². The van der Waals surface area contributed by atoms with Gasteiger partial charge in [0.1, 0.15) is 18.1 Å². The Hall–Kier alpha value is -3.79. The summed E-state index contributed by atoms with van der Waals surface area (Å²) >= 11 is 2.22. The van der Waals surface area contributed by atoms with Gasteiger partial charge in [0.25, 0.3) is 5.91 Å². The van der Waals surface area contributed by atoms with E-state index in [4.69, 9.17) is 18.9 Å². The molecule has 0 radical (unpaired) electrons. The molecule has 0 spiro atoms. The molecule has 4 aromatic rings. The Morgan fingerprint density at radius 1 is 0.946 bits per heavy atom. The van der Waals surface area contributed by atoms with Gasteiger partial charge in [0.15, 0.2) is 11.5 Å². The number of hydrogen-bond donors (Lipinski definition) is 1. The number of nitrogens with one attached hydrogen (secondary N) is 1. The molecule has 0 fully saturated rings. The number of amides is 1. The number of fused-ring (bicyclic) bond motifs is 1. The Kier molecular flexibility index (Phi) is 8.84. The number of carbonyl (C=O) groups excluding carboxylic acids is 1. The lowest BCUT2D eigenvalue weighted by Crippen LogP contribution is -2.17. The van der Waals surface area contributed by atoms with Crippen molar-refractivity contribution in [3.63, 3.8) is 0 Å². The van der Waals surface area contributed by atoms with E-state index in [1.54, 1.807) is 24.4 Å². The third-order valence-electron chi connectivity index (χ3n) is 5.58. The van der Waals surface area contributed by atoms with Crippen molar-refractivity contribution in [3.8, 4) is 23.0 Å². The van der Waals surface area contributed by atoms with Crippen molar-refractivity contribution in [1.82, 2.24) is 5.43 Å². The number of hydrazone groups is 1. The summed E-state index contributed by atoms with van der Waals surface area (Å²) in [5.41, 5.74) is 4.77. The fraction of sp³-hybridized carbons (Fsp3) is 0.172. The zero-order valence-corrected chi connectivity index (χ0v) is 22.9. The average Bonchev–Trinajstić information content (AvgIpc) is 2.92. The zero-order chi connectivity index (χ0) is 26.2. The molecule has 0 heterocycles. The Bertz CT molecular complexity index is 1410. The van der Waals surface area contributed by atoms with Crippen LogP contribution in [0.3, 0.4) is 0 Å². The van der Waals surface area contributed by atoms with Gasteiger partial charge in [-0.2, -0.15) is 5.10 Å². The van der Waals surface area contributed by atoms with Crippen molar-refractivity contribution in [2.45, 2.75) is 13.5 Å². The van der Waals surface area contributed by atoms with Gasteiger partial charge in [-0.3, -0.25) is 4.79 Å². The number of methoxy groups -OCH3 is 2. The van der Waals surface area contributed by atoms with Crippen molar-refractivity contribution in [3.05, 3.63) is 93.1 Å². The van der Waals surface area contributed by atoms with Crippen LogP contribution in [0, 0.1) is 3.57 Å². The second-order valence-corrected chi connectivity index (χ2v) is 9.15. The summed E-state index contributed by atoms with van der Waals surface area (Å²) in [5.74, 6) is 1.93. The lowest BCUT2D eigenvalue weighted by atomic mass is 10.1. The Labute approximate surface area is 229 Å². The Morgan fingerprint density at radius 3 is 2.41 bits per heavy atom. The maximum atomic E-state index is 12.6. The third kappa shape index (κ3) is 6.51. The van der Waals surface area contributed by atoms with Crippen molar-refractivity contribution in [2.24, 2.45) is 5.10 Å². The molecule has 1 N–H and O–H groups in total. The van der Waals surface area contributed by atoms with Crippen LogP contribution in [0.4, 0.5) is 0 Å². The van der Waals surface area contributed by atoms with E-state index in [9.17, 15) is 4.79 Å². The summed E-state index contributed by atoms with van der Waals surface area (Å²) in [4.78, 5) is 12.6. The van der Waals surface area contributed by atoms with E-state index in [2.05, 4.69) is 57.4 Å². The molecule has 190 valence electrons. The maximum absolute atomic E-state index is 12.6. The smallest absolute Gasteiger partial charge is 0.271 e. The van der Waals surface area contributed by atoms with Crippen LogP contribution in [0.5, 0.6) is 23.0 Å². The first-order valence-corrected chi connectivity index (χ1v) is 12.7. The maximum Gasteiger partial charge on any atom is 0.271 e. The van der Waals surface area contributed by atoms with Gasteiger partial charge < -0.3 is 18.9 Å². The number of ether oxygens (including phenoxy) is 4. The summed E-state index contributed by atoms with van der Waals surface area (Å²) < 4.78 is 23.4. The monoisotopic (exact) mass is 610 g/mol. The second kappa shape index (κ2) is 12.4. The average molecular weight is 610 g/mol. The molecule has 0 aliphatic heterocycles. The highest BCUT2D eigenvalue weighted by molar-refractivity contribution is 14.1. The Morgan fingerprint density at radius 2 is 1.68 bits per heavy atom. The zero-order valence-electron chi connectivity index (χ0n) is 20.8. The number of halogens is 1. The molecule has 37 heavy (non-hydrogen) atoms. The fourth-order valence-corrected chi connectivity index (χ4v) is 4.58. The van der Waals surface area contributed by atoms with Gasteiger partial charge >= 0.3 is 0 Å². The lowest BCUT2D eigenvalue weighted by Gasteiger charge is -2.15. The summed E-state index contributed by atoms with van der Waals surface area (Å²) in [5, 5.41) is 6.45. The molecule has 4 aromatic carbocycles. The summed E-state index contributed by atoms with van der Waals surface area (Å²) in [6.07, 6.45) is 1.56. The number of rotatable bonds is 10. The van der Waals surface area contributed by atoms with Crippen molar-refractivity contribution in [1.29, 1.82) is 0 Å². The van der Waals surface area contributed by atoms with Gasteiger partial charge in [0.2, 0.25) is 0 Å². The minimum atomic E-state index is -0.386. The minimum Gasteiger partial charge on any atom is -0.497 e. The third-order valence-corrected chi connectivity index (χ3v) is 6.38. The summed E-state index contributed by atoms with van der Waals surface area (Å²) in [7, 11) is 3.06. The second-order valence-electron chi connectivity index (χ2n) is 7.99. The van der Waals surface area contributed by atoms with Crippen molar-refractivity contribution in [2.75, 3.05) is 20.8 Å². The number of hydrogen-bond acceptors (Lipinski definition) is 6. The highest BCUT2D eigenvalue weighted by Gasteiger charge is 2.14. The predicted octanol–water partition coefficient (Wildman–Crippen LogP) is 6.20. The topological polar surface area (TPSA) is 78.4 Å². The van der Waals surface area contributed by atoms with Gasteiger partial charge in [0, 0.05) is 11.6 Å². The molecule has 1 amide bonds. The van der Waals surface area contributed by atoms with E-state index in [0.717, 1.165) is 20.1 Å². The van der Waals surface area contributed by atoms with Crippen LogP contribution < -0.4 is 24.4 Å². The van der Waals surface area contributed by atoms with Crippen LogP contribution in [0.25, 0.3) is 10.8 Å². The molecule has 0 bridgehead atoms. The molecular weight excluding hydrogens is 583 g/mol. The molecule has 0 saturated heterocycles. The first-order chi connectivity index (χ1) is 18.0. The highest BCUT2D eigenvalue weighted by atomic mass is 127. The molecule has 0 unspecified atom stereocenters. The Balaban J connectivity index is 1.50. The standard InChI is InChI=1S/C29H27IN2O5/c1-4-36-27-13-19(17-31-32-29(33)22-14-23(34-2)16-24(15-22)35-3)12-26(30)28(27)37-18-21-10-7-9-20-8-5-6-11-25(20)21/h5-17H,4,18H2,1-3H3,(H,32,33)/b31-17-. The van der Waals surface area contributed by atoms with Crippen LogP contribution in [-0.2, 0) is 6.61 Å².